The molecule has 0 radical (unpaired) electrons. The zero-order chi connectivity index (χ0) is 19.3. The molecule has 2 N–H and O–H groups in total. The zero-order valence-corrected chi connectivity index (χ0v) is 16.3. The number of amides is 1. The van der Waals surface area contributed by atoms with E-state index in [2.05, 4.69) is 15.7 Å². The van der Waals surface area contributed by atoms with Crippen LogP contribution >= 0.6 is 12.2 Å². The molecule has 0 spiro atoms. The van der Waals surface area contributed by atoms with Gasteiger partial charge in [0.25, 0.3) is 0 Å². The zero-order valence-electron chi connectivity index (χ0n) is 15.5. The van der Waals surface area contributed by atoms with Crippen LogP contribution in [0.25, 0.3) is 5.69 Å². The molecule has 2 aromatic carbocycles. The molecule has 0 bridgehead atoms. The number of carbonyl (C=O) groups excluding carboxylic acids is 1. The van der Waals surface area contributed by atoms with E-state index >= 15 is 0 Å². The molecule has 8 heteroatoms. The second-order valence-electron chi connectivity index (χ2n) is 7.05. The van der Waals surface area contributed by atoms with E-state index in [1.807, 2.05) is 60.7 Å². The number of nitrogens with one attached hydrogen (secondary N) is 2. The fourth-order valence-corrected chi connectivity index (χ4v) is 3.77. The third-order valence-corrected chi connectivity index (χ3v) is 5.50. The Bertz CT molecular complexity index is 977. The summed E-state index contributed by atoms with van der Waals surface area (Å²) in [5.74, 6) is 0.161. The number of hydrogen-bond acceptors (Lipinski definition) is 4. The Morgan fingerprint density at radius 1 is 1.04 bits per heavy atom. The van der Waals surface area contributed by atoms with Crippen LogP contribution in [0.3, 0.4) is 0 Å². The highest BCUT2D eigenvalue weighted by Crippen LogP contribution is 2.14. The van der Waals surface area contributed by atoms with E-state index in [4.69, 9.17) is 12.2 Å². The number of benzene rings is 2. The summed E-state index contributed by atoms with van der Waals surface area (Å²) in [7, 11) is 0. The number of piperidine rings is 1. The average molecular weight is 396 g/mol. The first-order valence-electron chi connectivity index (χ1n) is 9.48. The SMILES string of the molecule is O=C(Nc1ccccc1)C1CC[NH+](Cn2nnn(-c3ccccc3)c2=S)CC1. The highest BCUT2D eigenvalue weighted by atomic mass is 32.1. The Hall–Kier alpha value is -2.84. The molecule has 3 aromatic rings. The third kappa shape index (κ3) is 4.18. The fourth-order valence-electron chi connectivity index (χ4n) is 3.53. The molecule has 2 heterocycles. The quantitative estimate of drug-likeness (QED) is 0.645. The number of tetrazole rings is 1. The van der Waals surface area contributed by atoms with Gasteiger partial charge < -0.3 is 10.2 Å². The van der Waals surface area contributed by atoms with Crippen LogP contribution in [-0.4, -0.2) is 38.8 Å². The van der Waals surface area contributed by atoms with E-state index < -0.39 is 0 Å². The number of anilines is 1. The molecule has 1 aliphatic heterocycles. The van der Waals surface area contributed by atoms with Gasteiger partial charge >= 0.3 is 0 Å². The summed E-state index contributed by atoms with van der Waals surface area (Å²) in [4.78, 5) is 13.8. The van der Waals surface area contributed by atoms with Crippen LogP contribution in [-0.2, 0) is 11.5 Å². The van der Waals surface area contributed by atoms with E-state index in [-0.39, 0.29) is 11.8 Å². The summed E-state index contributed by atoms with van der Waals surface area (Å²) in [5, 5.41) is 11.4. The molecule has 0 unspecified atom stereocenters. The van der Waals surface area contributed by atoms with Gasteiger partial charge in [0, 0.05) is 24.4 Å². The highest BCUT2D eigenvalue weighted by molar-refractivity contribution is 7.71. The molecule has 28 heavy (non-hydrogen) atoms. The number of rotatable bonds is 5. The lowest BCUT2D eigenvalue weighted by molar-refractivity contribution is -0.929. The Kier molecular flexibility index (Phi) is 5.59. The monoisotopic (exact) mass is 395 g/mol. The highest BCUT2D eigenvalue weighted by Gasteiger charge is 2.28. The molecule has 1 saturated heterocycles. The van der Waals surface area contributed by atoms with Gasteiger partial charge in [-0.25, -0.2) is 0 Å². The minimum Gasteiger partial charge on any atom is -0.326 e. The number of quaternary nitrogens is 1. The predicted molar refractivity (Wildman–Crippen MR) is 109 cm³/mol. The normalized spacial score (nSPS) is 19.3. The van der Waals surface area contributed by atoms with E-state index in [1.54, 1.807) is 9.36 Å². The van der Waals surface area contributed by atoms with Gasteiger partial charge in [-0.15, -0.1) is 0 Å². The van der Waals surface area contributed by atoms with Crippen molar-refractivity contribution in [1.29, 1.82) is 0 Å². The minimum atomic E-state index is 0.0527. The first-order chi connectivity index (χ1) is 13.7. The lowest BCUT2D eigenvalue weighted by atomic mass is 9.96. The van der Waals surface area contributed by atoms with Crippen molar-refractivity contribution in [2.45, 2.75) is 19.5 Å². The van der Waals surface area contributed by atoms with Crippen molar-refractivity contribution in [3.05, 3.63) is 65.4 Å². The molecule has 7 nitrogen and oxygen atoms in total. The molecular weight excluding hydrogens is 372 g/mol. The van der Waals surface area contributed by atoms with Gasteiger partial charge in [-0.05, 0) is 46.9 Å². The van der Waals surface area contributed by atoms with Crippen molar-refractivity contribution in [3.8, 4) is 5.69 Å². The first-order valence-corrected chi connectivity index (χ1v) is 9.89. The Balaban J connectivity index is 1.33. The Labute approximate surface area is 168 Å². The second kappa shape index (κ2) is 8.45. The van der Waals surface area contributed by atoms with Crippen LogP contribution in [0, 0.1) is 10.7 Å². The number of nitrogens with zero attached hydrogens (tertiary/aromatic N) is 4. The van der Waals surface area contributed by atoms with Crippen molar-refractivity contribution >= 4 is 23.8 Å². The maximum atomic E-state index is 12.5. The van der Waals surface area contributed by atoms with Crippen LogP contribution in [0.4, 0.5) is 5.69 Å². The van der Waals surface area contributed by atoms with Gasteiger partial charge in [-0.3, -0.25) is 4.79 Å². The summed E-state index contributed by atoms with van der Waals surface area (Å²) in [6.07, 6.45) is 1.71. The topological polar surface area (TPSA) is 69.2 Å². The van der Waals surface area contributed by atoms with Crippen LogP contribution in [0.15, 0.2) is 60.7 Å². The first kappa shape index (κ1) is 18.5. The molecular formula is C20H23N6OS+. The summed E-state index contributed by atoms with van der Waals surface area (Å²) in [6.45, 7) is 2.48. The van der Waals surface area contributed by atoms with Gasteiger partial charge in [0.2, 0.25) is 10.7 Å². The summed E-state index contributed by atoms with van der Waals surface area (Å²) in [6, 6.07) is 19.4. The molecule has 1 fully saturated rings. The third-order valence-electron chi connectivity index (χ3n) is 5.12. The number of carbonyl (C=O) groups is 1. The van der Waals surface area contributed by atoms with Crippen LogP contribution in [0.1, 0.15) is 12.8 Å². The largest absolute Gasteiger partial charge is 0.326 e. The number of hydrogen-bond donors (Lipinski definition) is 2. The molecule has 144 valence electrons. The predicted octanol–water partition coefficient (Wildman–Crippen LogP) is 1.69. The fraction of sp³-hybridized carbons (Fsp3) is 0.300. The summed E-state index contributed by atoms with van der Waals surface area (Å²) >= 11 is 5.54. The standard InChI is InChI=1S/C20H22N6OS/c27-19(21-17-7-3-1-4-8-17)16-11-13-24(14-12-16)15-25-20(28)26(23-22-25)18-9-5-2-6-10-18/h1-10,16H,11-15H2,(H,21,27)/p+1. The molecule has 0 atom stereocenters. The number of likely N-dealkylation sites (tertiary alicyclic amines) is 1. The molecule has 0 saturated carbocycles. The molecule has 1 aliphatic rings. The minimum absolute atomic E-state index is 0.0527. The maximum absolute atomic E-state index is 12.5. The molecule has 1 aromatic heterocycles. The maximum Gasteiger partial charge on any atom is 0.227 e. The van der Waals surface area contributed by atoms with Gasteiger partial charge in [-0.2, -0.15) is 9.36 Å². The van der Waals surface area contributed by atoms with Gasteiger partial charge in [0.1, 0.15) is 0 Å². The van der Waals surface area contributed by atoms with Crippen molar-refractivity contribution in [2.24, 2.45) is 5.92 Å². The number of para-hydroxylation sites is 2. The Morgan fingerprint density at radius 2 is 1.68 bits per heavy atom. The van der Waals surface area contributed by atoms with Crippen LogP contribution < -0.4 is 10.2 Å². The van der Waals surface area contributed by atoms with Crippen molar-refractivity contribution in [2.75, 3.05) is 18.4 Å². The second-order valence-corrected chi connectivity index (χ2v) is 7.41. The van der Waals surface area contributed by atoms with E-state index in [0.29, 0.717) is 11.4 Å². The Morgan fingerprint density at radius 3 is 2.36 bits per heavy atom. The summed E-state index contributed by atoms with van der Waals surface area (Å²) in [5.41, 5.74) is 1.76. The molecule has 4 rings (SSSR count). The smallest absolute Gasteiger partial charge is 0.227 e. The molecule has 1 amide bonds. The van der Waals surface area contributed by atoms with Crippen molar-refractivity contribution in [1.82, 2.24) is 19.8 Å². The van der Waals surface area contributed by atoms with Gasteiger partial charge in [0.15, 0.2) is 6.67 Å². The summed E-state index contributed by atoms with van der Waals surface area (Å²) < 4.78 is 4.03. The van der Waals surface area contributed by atoms with Gasteiger partial charge in [-0.1, -0.05) is 36.4 Å². The van der Waals surface area contributed by atoms with Crippen molar-refractivity contribution < 1.29 is 9.69 Å². The van der Waals surface area contributed by atoms with E-state index in [9.17, 15) is 4.79 Å². The lowest BCUT2D eigenvalue weighted by Crippen LogP contribution is -3.12. The average Bonchev–Trinajstić information content (AvgIpc) is 3.10. The van der Waals surface area contributed by atoms with Gasteiger partial charge in [0.05, 0.1) is 18.8 Å². The van der Waals surface area contributed by atoms with Crippen LogP contribution in [0.5, 0.6) is 0 Å². The van der Waals surface area contributed by atoms with Crippen LogP contribution in [0.2, 0.25) is 0 Å². The van der Waals surface area contributed by atoms with E-state index in [1.165, 1.54) is 4.90 Å². The van der Waals surface area contributed by atoms with E-state index in [0.717, 1.165) is 37.3 Å². The number of aromatic nitrogens is 4. The lowest BCUT2D eigenvalue weighted by Gasteiger charge is -2.28. The van der Waals surface area contributed by atoms with Crippen molar-refractivity contribution in [3.63, 3.8) is 0 Å². The molecule has 0 aliphatic carbocycles.